The maximum absolute atomic E-state index is 11.8. The van der Waals surface area contributed by atoms with Gasteiger partial charge in [-0.25, -0.2) is 5.43 Å². The summed E-state index contributed by atoms with van der Waals surface area (Å²) in [6, 6.07) is 23.9. The number of carbonyl (C=O) groups is 1. The third-order valence-electron chi connectivity index (χ3n) is 3.79. The average molecular weight is 332 g/mol. The fraction of sp³-hybridized carbons (Fsp3) is 0.143. The minimum Gasteiger partial charge on any atom is -0.483 e. The zero-order chi connectivity index (χ0) is 17.3. The zero-order valence-electron chi connectivity index (χ0n) is 13.9. The summed E-state index contributed by atoms with van der Waals surface area (Å²) < 4.78 is 5.62. The third-order valence-corrected chi connectivity index (χ3v) is 3.79. The number of aryl methyl sites for hydroxylation is 1. The summed E-state index contributed by atoms with van der Waals surface area (Å²) in [5, 5.41) is 6.03. The maximum Gasteiger partial charge on any atom is 0.277 e. The highest BCUT2D eigenvalue weighted by molar-refractivity contribution is 5.88. The lowest BCUT2D eigenvalue weighted by atomic mass is 10.1. The van der Waals surface area contributed by atoms with E-state index >= 15 is 0 Å². The van der Waals surface area contributed by atoms with Gasteiger partial charge in [0.25, 0.3) is 5.91 Å². The Hall–Kier alpha value is -3.14. The van der Waals surface area contributed by atoms with Gasteiger partial charge < -0.3 is 4.74 Å². The summed E-state index contributed by atoms with van der Waals surface area (Å²) in [5.41, 5.74) is 3.74. The number of hydrazone groups is 1. The number of hydrogen-bond acceptors (Lipinski definition) is 3. The van der Waals surface area contributed by atoms with Crippen LogP contribution < -0.4 is 10.2 Å². The van der Waals surface area contributed by atoms with E-state index in [1.165, 1.54) is 5.56 Å². The second-order valence-electron chi connectivity index (χ2n) is 5.64. The number of hydrogen-bond donors (Lipinski definition) is 1. The number of nitrogens with zero attached hydrogens (tertiary/aromatic N) is 1. The number of rotatable bonds is 7. The first-order chi connectivity index (χ1) is 12.3. The third kappa shape index (κ3) is 4.91. The molecule has 0 atom stereocenters. The minimum absolute atomic E-state index is 0.0654. The number of nitrogens with one attached hydrogen (secondary N) is 1. The summed E-state index contributed by atoms with van der Waals surface area (Å²) in [6.07, 6.45) is 3.38. The molecule has 3 rings (SSSR count). The molecule has 0 aliphatic rings. The largest absolute Gasteiger partial charge is 0.483 e. The monoisotopic (exact) mass is 332 g/mol. The van der Waals surface area contributed by atoms with Gasteiger partial charge in [-0.05, 0) is 29.9 Å². The van der Waals surface area contributed by atoms with Crippen molar-refractivity contribution in [3.63, 3.8) is 0 Å². The highest BCUT2D eigenvalue weighted by Crippen LogP contribution is 2.24. The lowest BCUT2D eigenvalue weighted by Crippen LogP contribution is -2.24. The lowest BCUT2D eigenvalue weighted by Gasteiger charge is -2.08. The van der Waals surface area contributed by atoms with Crippen LogP contribution in [0.15, 0.2) is 77.9 Å². The van der Waals surface area contributed by atoms with Crippen molar-refractivity contribution in [1.82, 2.24) is 5.43 Å². The summed E-state index contributed by atoms with van der Waals surface area (Å²) in [5.74, 6) is 0.421. The predicted octanol–water partition coefficient (Wildman–Crippen LogP) is 3.95. The molecule has 0 aromatic heterocycles. The van der Waals surface area contributed by atoms with E-state index in [9.17, 15) is 4.79 Å². The van der Waals surface area contributed by atoms with Gasteiger partial charge in [0.15, 0.2) is 6.61 Å². The Bertz CT molecular complexity index is 855. The van der Waals surface area contributed by atoms with Gasteiger partial charge in [0, 0.05) is 11.6 Å². The van der Waals surface area contributed by atoms with Crippen molar-refractivity contribution >= 4 is 22.9 Å². The summed E-state index contributed by atoms with van der Waals surface area (Å²) >= 11 is 0. The first-order valence-electron chi connectivity index (χ1n) is 8.28. The van der Waals surface area contributed by atoms with Crippen LogP contribution >= 0.6 is 0 Å². The molecule has 1 N–H and O–H groups in total. The van der Waals surface area contributed by atoms with Crippen LogP contribution in [0.4, 0.5) is 0 Å². The topological polar surface area (TPSA) is 50.7 Å². The van der Waals surface area contributed by atoms with Crippen LogP contribution in [0.3, 0.4) is 0 Å². The Morgan fingerprint density at radius 3 is 2.60 bits per heavy atom. The highest BCUT2D eigenvalue weighted by Gasteiger charge is 2.04. The Labute approximate surface area is 147 Å². The first kappa shape index (κ1) is 16.7. The molecular formula is C21H20N2O2. The van der Waals surface area contributed by atoms with E-state index in [0.717, 1.165) is 23.6 Å². The van der Waals surface area contributed by atoms with Crippen LogP contribution in [-0.4, -0.2) is 18.7 Å². The molecule has 0 saturated carbocycles. The number of benzene rings is 3. The van der Waals surface area contributed by atoms with Crippen molar-refractivity contribution in [1.29, 1.82) is 0 Å². The predicted molar refractivity (Wildman–Crippen MR) is 101 cm³/mol. The Morgan fingerprint density at radius 2 is 1.72 bits per heavy atom. The normalized spacial score (nSPS) is 10.9. The molecule has 4 heteroatoms. The van der Waals surface area contributed by atoms with Gasteiger partial charge >= 0.3 is 0 Å². The van der Waals surface area contributed by atoms with Gasteiger partial charge in [-0.3, -0.25) is 4.79 Å². The van der Waals surface area contributed by atoms with E-state index in [1.807, 2.05) is 60.7 Å². The second-order valence-corrected chi connectivity index (χ2v) is 5.64. The van der Waals surface area contributed by atoms with Gasteiger partial charge in [0.05, 0.1) is 0 Å². The quantitative estimate of drug-likeness (QED) is 0.526. The van der Waals surface area contributed by atoms with E-state index in [0.29, 0.717) is 5.75 Å². The SMILES string of the molecule is O=C(COc1cccc2ccccc12)N/N=C/CCc1ccccc1. The van der Waals surface area contributed by atoms with E-state index in [4.69, 9.17) is 4.74 Å². The maximum atomic E-state index is 11.8. The van der Waals surface area contributed by atoms with Gasteiger partial charge in [-0.1, -0.05) is 66.7 Å². The fourth-order valence-corrected chi connectivity index (χ4v) is 2.56. The molecule has 0 radical (unpaired) electrons. The Balaban J connectivity index is 1.44. The highest BCUT2D eigenvalue weighted by atomic mass is 16.5. The van der Waals surface area contributed by atoms with Crippen molar-refractivity contribution in [3.8, 4) is 5.75 Å². The molecule has 0 aliphatic carbocycles. The van der Waals surface area contributed by atoms with Crippen molar-refractivity contribution in [2.45, 2.75) is 12.8 Å². The molecule has 0 unspecified atom stereocenters. The molecule has 126 valence electrons. The zero-order valence-corrected chi connectivity index (χ0v) is 13.9. The van der Waals surface area contributed by atoms with Crippen molar-refractivity contribution in [2.75, 3.05) is 6.61 Å². The standard InChI is InChI=1S/C21H20N2O2/c24-21(23-22-15-7-10-17-8-2-1-3-9-17)16-25-20-14-6-12-18-11-4-5-13-19(18)20/h1-6,8-9,11-15H,7,10,16H2,(H,23,24)/b22-15+. The van der Waals surface area contributed by atoms with E-state index in [-0.39, 0.29) is 12.5 Å². The summed E-state index contributed by atoms with van der Waals surface area (Å²) in [7, 11) is 0. The van der Waals surface area contributed by atoms with Crippen LogP contribution in [0.2, 0.25) is 0 Å². The molecular weight excluding hydrogens is 312 g/mol. The molecule has 4 nitrogen and oxygen atoms in total. The van der Waals surface area contributed by atoms with Crippen molar-refractivity contribution in [2.24, 2.45) is 5.10 Å². The average Bonchev–Trinajstić information content (AvgIpc) is 2.67. The van der Waals surface area contributed by atoms with Crippen molar-refractivity contribution < 1.29 is 9.53 Å². The fourth-order valence-electron chi connectivity index (χ4n) is 2.56. The molecule has 1 amide bonds. The first-order valence-corrected chi connectivity index (χ1v) is 8.28. The van der Waals surface area contributed by atoms with Crippen LogP contribution in [0.25, 0.3) is 10.8 Å². The van der Waals surface area contributed by atoms with Gasteiger partial charge in [0.1, 0.15) is 5.75 Å². The molecule has 3 aromatic carbocycles. The van der Waals surface area contributed by atoms with Crippen LogP contribution in [0.1, 0.15) is 12.0 Å². The Morgan fingerprint density at radius 1 is 0.960 bits per heavy atom. The summed E-state index contributed by atoms with van der Waals surface area (Å²) in [4.78, 5) is 11.8. The molecule has 3 aromatic rings. The molecule has 0 bridgehead atoms. The van der Waals surface area contributed by atoms with Gasteiger partial charge in [-0.15, -0.1) is 0 Å². The summed E-state index contributed by atoms with van der Waals surface area (Å²) in [6.45, 7) is -0.0654. The van der Waals surface area contributed by atoms with E-state index in [2.05, 4.69) is 22.7 Å². The van der Waals surface area contributed by atoms with Crippen LogP contribution in [0.5, 0.6) is 5.75 Å². The van der Waals surface area contributed by atoms with Crippen molar-refractivity contribution in [3.05, 3.63) is 78.4 Å². The molecule has 0 spiro atoms. The number of carbonyl (C=O) groups excluding carboxylic acids is 1. The second kappa shape index (κ2) is 8.64. The molecule has 0 aliphatic heterocycles. The van der Waals surface area contributed by atoms with E-state index in [1.54, 1.807) is 6.21 Å². The molecule has 25 heavy (non-hydrogen) atoms. The number of fused-ring (bicyclic) bond motifs is 1. The van der Waals surface area contributed by atoms with E-state index < -0.39 is 0 Å². The van der Waals surface area contributed by atoms with Gasteiger partial charge in [0.2, 0.25) is 0 Å². The lowest BCUT2D eigenvalue weighted by molar-refractivity contribution is -0.123. The Kier molecular flexibility index (Phi) is 5.77. The molecule has 0 fully saturated rings. The number of amides is 1. The number of ether oxygens (including phenoxy) is 1. The molecule has 0 heterocycles. The minimum atomic E-state index is -0.274. The van der Waals surface area contributed by atoms with Crippen LogP contribution in [-0.2, 0) is 11.2 Å². The smallest absolute Gasteiger partial charge is 0.277 e. The van der Waals surface area contributed by atoms with Crippen LogP contribution in [0, 0.1) is 0 Å². The van der Waals surface area contributed by atoms with Gasteiger partial charge in [-0.2, -0.15) is 5.10 Å². The molecule has 0 saturated heterocycles.